The van der Waals surface area contributed by atoms with Crippen molar-refractivity contribution in [2.24, 2.45) is 0 Å². The molecule has 0 saturated heterocycles. The Morgan fingerprint density at radius 1 is 1.12 bits per heavy atom. The van der Waals surface area contributed by atoms with Crippen LogP contribution in [0.15, 0.2) is 48.7 Å². The van der Waals surface area contributed by atoms with Gasteiger partial charge < -0.3 is 11.1 Å². The third kappa shape index (κ3) is 2.51. The largest absolute Gasteiger partial charge is 0.397 e. The summed E-state index contributed by atoms with van der Waals surface area (Å²) in [5.74, 6) is 0.838. The monoisotopic (exact) mass is 213 g/mol. The molecule has 0 amide bonds. The van der Waals surface area contributed by atoms with Gasteiger partial charge in [-0.15, -0.1) is 0 Å². The highest BCUT2D eigenvalue weighted by Gasteiger charge is 2.04. The van der Waals surface area contributed by atoms with E-state index in [4.69, 9.17) is 5.73 Å². The number of anilines is 2. The fourth-order valence-corrected chi connectivity index (χ4v) is 1.54. The first kappa shape index (κ1) is 10.5. The average molecular weight is 213 g/mol. The van der Waals surface area contributed by atoms with Crippen molar-refractivity contribution in [3.05, 3.63) is 54.2 Å². The first-order chi connectivity index (χ1) is 7.75. The average Bonchev–Trinajstić information content (AvgIpc) is 2.33. The second-order valence-electron chi connectivity index (χ2n) is 3.75. The quantitative estimate of drug-likeness (QED) is 0.824. The molecule has 0 bridgehead atoms. The highest BCUT2D eigenvalue weighted by Crippen LogP contribution is 2.17. The third-order valence-corrected chi connectivity index (χ3v) is 2.45. The van der Waals surface area contributed by atoms with Crippen LogP contribution in [-0.2, 0) is 0 Å². The van der Waals surface area contributed by atoms with E-state index < -0.39 is 0 Å². The molecule has 0 saturated carbocycles. The fraction of sp³-hybridized carbons (Fsp3) is 0.154. The lowest BCUT2D eigenvalue weighted by atomic mass is 10.1. The Kier molecular flexibility index (Phi) is 3.05. The number of rotatable bonds is 3. The molecule has 1 unspecified atom stereocenters. The summed E-state index contributed by atoms with van der Waals surface area (Å²) in [6.45, 7) is 2.10. The topological polar surface area (TPSA) is 50.9 Å². The van der Waals surface area contributed by atoms with Gasteiger partial charge in [-0.2, -0.15) is 0 Å². The second kappa shape index (κ2) is 4.66. The lowest BCUT2D eigenvalue weighted by Gasteiger charge is -2.14. The van der Waals surface area contributed by atoms with Gasteiger partial charge in [0.25, 0.3) is 0 Å². The highest BCUT2D eigenvalue weighted by molar-refractivity contribution is 5.45. The van der Waals surface area contributed by atoms with E-state index in [0.717, 1.165) is 5.82 Å². The summed E-state index contributed by atoms with van der Waals surface area (Å²) in [6, 6.07) is 14.2. The summed E-state index contributed by atoms with van der Waals surface area (Å²) in [6.07, 6.45) is 1.65. The summed E-state index contributed by atoms with van der Waals surface area (Å²) in [4.78, 5) is 4.21. The Bertz CT molecular complexity index is 436. The van der Waals surface area contributed by atoms with E-state index in [-0.39, 0.29) is 6.04 Å². The minimum Gasteiger partial charge on any atom is -0.397 e. The molecule has 2 rings (SSSR count). The van der Waals surface area contributed by atoms with Gasteiger partial charge in [0, 0.05) is 6.04 Å². The Labute approximate surface area is 95.3 Å². The number of nitrogens with two attached hydrogens (primary N) is 1. The van der Waals surface area contributed by atoms with Crippen LogP contribution in [-0.4, -0.2) is 4.98 Å². The summed E-state index contributed by atoms with van der Waals surface area (Å²) in [7, 11) is 0. The van der Waals surface area contributed by atoms with Gasteiger partial charge in [-0.1, -0.05) is 30.3 Å². The number of hydrogen-bond donors (Lipinski definition) is 2. The number of benzene rings is 1. The van der Waals surface area contributed by atoms with Gasteiger partial charge in [0.1, 0.15) is 5.82 Å². The molecule has 2 aromatic rings. The van der Waals surface area contributed by atoms with Crippen LogP contribution in [0.3, 0.4) is 0 Å². The molecule has 0 fully saturated rings. The molecule has 1 aromatic carbocycles. The third-order valence-electron chi connectivity index (χ3n) is 2.45. The summed E-state index contributed by atoms with van der Waals surface area (Å²) in [5.41, 5.74) is 7.49. The highest BCUT2D eigenvalue weighted by atomic mass is 15.0. The maximum Gasteiger partial charge on any atom is 0.126 e. The van der Waals surface area contributed by atoms with Gasteiger partial charge >= 0.3 is 0 Å². The standard InChI is InChI=1S/C13H15N3/c1-10(11-5-3-2-4-6-11)16-13-8-7-12(14)9-15-13/h2-10H,14H2,1H3,(H,15,16). The van der Waals surface area contributed by atoms with Crippen LogP contribution in [0, 0.1) is 0 Å². The van der Waals surface area contributed by atoms with Crippen molar-refractivity contribution in [3.8, 4) is 0 Å². The molecule has 1 aromatic heterocycles. The zero-order valence-corrected chi connectivity index (χ0v) is 9.22. The smallest absolute Gasteiger partial charge is 0.126 e. The predicted octanol–water partition coefficient (Wildman–Crippen LogP) is 2.84. The number of nitrogens with one attached hydrogen (secondary N) is 1. The van der Waals surface area contributed by atoms with E-state index in [9.17, 15) is 0 Å². The van der Waals surface area contributed by atoms with Gasteiger partial charge in [0.05, 0.1) is 11.9 Å². The van der Waals surface area contributed by atoms with E-state index in [2.05, 4.69) is 29.4 Å². The van der Waals surface area contributed by atoms with E-state index in [1.807, 2.05) is 30.3 Å². The van der Waals surface area contributed by atoms with E-state index in [0.29, 0.717) is 5.69 Å². The van der Waals surface area contributed by atoms with Crippen LogP contribution >= 0.6 is 0 Å². The van der Waals surface area contributed by atoms with E-state index in [1.54, 1.807) is 6.20 Å². The number of aromatic nitrogens is 1. The molecule has 0 aliphatic carbocycles. The Hall–Kier alpha value is -2.03. The lowest BCUT2D eigenvalue weighted by molar-refractivity contribution is 0.875. The number of hydrogen-bond acceptors (Lipinski definition) is 3. The minimum atomic E-state index is 0.234. The number of nitrogen functional groups attached to an aromatic ring is 1. The molecule has 82 valence electrons. The second-order valence-corrected chi connectivity index (χ2v) is 3.75. The molecule has 1 atom stereocenters. The van der Waals surface area contributed by atoms with Crippen LogP contribution in [0.4, 0.5) is 11.5 Å². The van der Waals surface area contributed by atoms with Crippen LogP contribution in [0.5, 0.6) is 0 Å². The summed E-state index contributed by atoms with van der Waals surface area (Å²) >= 11 is 0. The maximum atomic E-state index is 5.58. The maximum absolute atomic E-state index is 5.58. The molecule has 0 aliphatic rings. The van der Waals surface area contributed by atoms with E-state index in [1.165, 1.54) is 5.56 Å². The van der Waals surface area contributed by atoms with Crippen molar-refractivity contribution in [3.63, 3.8) is 0 Å². The molecule has 3 N–H and O–H groups in total. The zero-order chi connectivity index (χ0) is 11.4. The van der Waals surface area contributed by atoms with Crippen molar-refractivity contribution < 1.29 is 0 Å². The van der Waals surface area contributed by atoms with Crippen LogP contribution in [0.1, 0.15) is 18.5 Å². The normalized spacial score (nSPS) is 12.1. The van der Waals surface area contributed by atoms with Crippen LogP contribution < -0.4 is 11.1 Å². The summed E-state index contributed by atoms with van der Waals surface area (Å²) in [5, 5.41) is 3.32. The molecule has 16 heavy (non-hydrogen) atoms. The fourth-order valence-electron chi connectivity index (χ4n) is 1.54. The lowest BCUT2D eigenvalue weighted by Crippen LogP contribution is -2.07. The van der Waals surface area contributed by atoms with Gasteiger partial charge in [-0.25, -0.2) is 4.98 Å². The van der Waals surface area contributed by atoms with Crippen molar-refractivity contribution in [1.29, 1.82) is 0 Å². The zero-order valence-electron chi connectivity index (χ0n) is 9.22. The SMILES string of the molecule is CC(Nc1ccc(N)cn1)c1ccccc1. The van der Waals surface area contributed by atoms with Gasteiger partial charge in [-0.05, 0) is 24.6 Å². The van der Waals surface area contributed by atoms with Crippen molar-refractivity contribution in [2.45, 2.75) is 13.0 Å². The molecule has 0 spiro atoms. The Morgan fingerprint density at radius 3 is 2.50 bits per heavy atom. The van der Waals surface area contributed by atoms with Crippen LogP contribution in [0.2, 0.25) is 0 Å². The first-order valence-electron chi connectivity index (χ1n) is 5.29. The molecule has 3 heteroatoms. The van der Waals surface area contributed by atoms with Crippen molar-refractivity contribution in [2.75, 3.05) is 11.1 Å². The van der Waals surface area contributed by atoms with Gasteiger partial charge in [0.15, 0.2) is 0 Å². The summed E-state index contributed by atoms with van der Waals surface area (Å²) < 4.78 is 0. The molecular weight excluding hydrogens is 198 g/mol. The van der Waals surface area contributed by atoms with Crippen LogP contribution in [0.25, 0.3) is 0 Å². The Morgan fingerprint density at radius 2 is 1.88 bits per heavy atom. The molecular formula is C13H15N3. The van der Waals surface area contributed by atoms with Gasteiger partial charge in [0.2, 0.25) is 0 Å². The minimum absolute atomic E-state index is 0.234. The molecule has 0 radical (unpaired) electrons. The Balaban J connectivity index is 2.08. The molecule has 0 aliphatic heterocycles. The van der Waals surface area contributed by atoms with Crippen molar-refractivity contribution >= 4 is 11.5 Å². The van der Waals surface area contributed by atoms with Gasteiger partial charge in [-0.3, -0.25) is 0 Å². The molecule has 3 nitrogen and oxygen atoms in total. The van der Waals surface area contributed by atoms with Crippen molar-refractivity contribution in [1.82, 2.24) is 4.98 Å². The number of nitrogens with zero attached hydrogens (tertiary/aromatic N) is 1. The predicted molar refractivity (Wildman–Crippen MR) is 67.1 cm³/mol. The van der Waals surface area contributed by atoms with E-state index >= 15 is 0 Å². The molecule has 1 heterocycles. The first-order valence-corrected chi connectivity index (χ1v) is 5.29. The number of pyridine rings is 1.